The van der Waals surface area contributed by atoms with Gasteiger partial charge < -0.3 is 15.0 Å². The standard InChI is InChI=1S/C21H29N3O3S/c1-17-7-5-6-8-20(17)27-16-15-24(3)21(22-2)23-14-13-18-9-11-19(12-10-18)28(4,25)26/h5-12H,13-16H2,1-4H3,(H,22,23). The predicted molar refractivity (Wildman–Crippen MR) is 114 cm³/mol. The molecule has 2 aromatic rings. The quantitative estimate of drug-likeness (QED) is 0.542. The summed E-state index contributed by atoms with van der Waals surface area (Å²) in [6.45, 7) is 4.00. The number of sulfone groups is 1. The number of nitrogens with zero attached hydrogens (tertiary/aromatic N) is 2. The van der Waals surface area contributed by atoms with Gasteiger partial charge in [-0.3, -0.25) is 4.99 Å². The van der Waals surface area contributed by atoms with Crippen LogP contribution in [0.3, 0.4) is 0 Å². The van der Waals surface area contributed by atoms with Gasteiger partial charge in [0, 0.05) is 26.9 Å². The van der Waals surface area contributed by atoms with Crippen LogP contribution in [-0.2, 0) is 16.3 Å². The molecule has 0 aliphatic rings. The summed E-state index contributed by atoms with van der Waals surface area (Å²) < 4.78 is 28.9. The van der Waals surface area contributed by atoms with Gasteiger partial charge in [-0.15, -0.1) is 0 Å². The van der Waals surface area contributed by atoms with Crippen LogP contribution in [0.15, 0.2) is 58.4 Å². The number of hydrogen-bond acceptors (Lipinski definition) is 4. The smallest absolute Gasteiger partial charge is 0.193 e. The van der Waals surface area contributed by atoms with E-state index in [2.05, 4.69) is 10.3 Å². The molecule has 1 N–H and O–H groups in total. The Morgan fingerprint density at radius 3 is 2.43 bits per heavy atom. The summed E-state index contributed by atoms with van der Waals surface area (Å²) in [6.07, 6.45) is 1.99. The van der Waals surface area contributed by atoms with Crippen molar-refractivity contribution in [3.8, 4) is 5.75 Å². The van der Waals surface area contributed by atoms with Gasteiger partial charge in [-0.1, -0.05) is 30.3 Å². The van der Waals surface area contributed by atoms with Gasteiger partial charge in [-0.25, -0.2) is 8.42 Å². The van der Waals surface area contributed by atoms with Gasteiger partial charge in [-0.2, -0.15) is 0 Å². The van der Waals surface area contributed by atoms with E-state index in [0.717, 1.165) is 29.3 Å². The van der Waals surface area contributed by atoms with Crippen molar-refractivity contribution in [2.75, 3.05) is 40.0 Å². The predicted octanol–water partition coefficient (Wildman–Crippen LogP) is 2.53. The minimum absolute atomic E-state index is 0.341. The average Bonchev–Trinajstić information content (AvgIpc) is 2.66. The number of rotatable bonds is 8. The van der Waals surface area contributed by atoms with Gasteiger partial charge in [0.15, 0.2) is 15.8 Å². The molecule has 0 fully saturated rings. The number of nitrogens with one attached hydrogen (secondary N) is 1. The molecule has 0 radical (unpaired) electrons. The Bertz CT molecular complexity index is 893. The van der Waals surface area contributed by atoms with Crippen LogP contribution < -0.4 is 10.1 Å². The Morgan fingerprint density at radius 1 is 1.14 bits per heavy atom. The van der Waals surface area contributed by atoms with E-state index in [-0.39, 0.29) is 0 Å². The van der Waals surface area contributed by atoms with Crippen LogP contribution in [0.4, 0.5) is 0 Å². The molecule has 2 aromatic carbocycles. The molecule has 0 unspecified atom stereocenters. The van der Waals surface area contributed by atoms with Crippen LogP contribution in [0.25, 0.3) is 0 Å². The van der Waals surface area contributed by atoms with Gasteiger partial charge in [0.25, 0.3) is 0 Å². The van der Waals surface area contributed by atoms with Crippen molar-refractivity contribution in [2.45, 2.75) is 18.2 Å². The minimum Gasteiger partial charge on any atom is -0.491 e. The number of ether oxygens (including phenoxy) is 1. The molecule has 0 saturated carbocycles. The molecule has 2 rings (SSSR count). The third-order valence-corrected chi connectivity index (χ3v) is 5.53. The highest BCUT2D eigenvalue weighted by Crippen LogP contribution is 2.15. The molecule has 152 valence electrons. The second-order valence-corrected chi connectivity index (χ2v) is 8.69. The fourth-order valence-electron chi connectivity index (χ4n) is 2.72. The summed E-state index contributed by atoms with van der Waals surface area (Å²) in [7, 11) is 0.568. The summed E-state index contributed by atoms with van der Waals surface area (Å²) in [6, 6.07) is 15.0. The minimum atomic E-state index is -3.15. The zero-order chi connectivity index (χ0) is 20.6. The zero-order valence-corrected chi connectivity index (χ0v) is 17.8. The van der Waals surface area contributed by atoms with Crippen LogP contribution in [0.1, 0.15) is 11.1 Å². The summed E-state index contributed by atoms with van der Waals surface area (Å²) in [5.41, 5.74) is 2.19. The number of benzene rings is 2. The number of aliphatic imine (C=N–C) groups is 1. The summed E-state index contributed by atoms with van der Waals surface area (Å²) >= 11 is 0. The molecule has 0 heterocycles. The normalized spacial score (nSPS) is 11.9. The van der Waals surface area contributed by atoms with Crippen LogP contribution in [0.2, 0.25) is 0 Å². The van der Waals surface area contributed by atoms with E-state index in [1.165, 1.54) is 6.26 Å². The first-order valence-electron chi connectivity index (χ1n) is 9.20. The molecular formula is C21H29N3O3S. The topological polar surface area (TPSA) is 71.0 Å². The first kappa shape index (κ1) is 21.8. The lowest BCUT2D eigenvalue weighted by Crippen LogP contribution is -2.41. The van der Waals surface area contributed by atoms with Gasteiger partial charge in [-0.05, 0) is 42.7 Å². The lowest BCUT2D eigenvalue weighted by atomic mass is 10.1. The van der Waals surface area contributed by atoms with Crippen molar-refractivity contribution in [2.24, 2.45) is 4.99 Å². The molecule has 0 saturated heterocycles. The number of aryl methyl sites for hydroxylation is 1. The van der Waals surface area contributed by atoms with Gasteiger partial charge in [0.05, 0.1) is 11.4 Å². The molecule has 0 atom stereocenters. The first-order chi connectivity index (χ1) is 13.3. The number of guanidine groups is 1. The molecule has 0 aliphatic carbocycles. The lowest BCUT2D eigenvalue weighted by Gasteiger charge is -2.22. The van der Waals surface area contributed by atoms with E-state index in [1.54, 1.807) is 19.2 Å². The highest BCUT2D eigenvalue weighted by atomic mass is 32.2. The molecule has 28 heavy (non-hydrogen) atoms. The fourth-order valence-corrected chi connectivity index (χ4v) is 3.35. The number of hydrogen-bond donors (Lipinski definition) is 1. The summed E-state index contributed by atoms with van der Waals surface area (Å²) in [4.78, 5) is 6.67. The average molecular weight is 404 g/mol. The number of likely N-dealkylation sites (N-methyl/N-ethyl adjacent to an activating group) is 1. The fraction of sp³-hybridized carbons (Fsp3) is 0.381. The van der Waals surface area contributed by atoms with Gasteiger partial charge >= 0.3 is 0 Å². The third-order valence-electron chi connectivity index (χ3n) is 4.40. The van der Waals surface area contributed by atoms with Crippen LogP contribution >= 0.6 is 0 Å². The van der Waals surface area contributed by atoms with Crippen molar-refractivity contribution >= 4 is 15.8 Å². The highest BCUT2D eigenvalue weighted by Gasteiger charge is 2.08. The monoisotopic (exact) mass is 403 g/mol. The van der Waals surface area contributed by atoms with E-state index in [1.807, 2.05) is 55.3 Å². The molecule has 0 aliphatic heterocycles. The summed E-state index contributed by atoms with van der Waals surface area (Å²) in [5.74, 6) is 1.69. The molecule has 6 nitrogen and oxygen atoms in total. The molecule has 0 spiro atoms. The lowest BCUT2D eigenvalue weighted by molar-refractivity contribution is 0.280. The largest absolute Gasteiger partial charge is 0.491 e. The van der Waals surface area contributed by atoms with Crippen LogP contribution in [0, 0.1) is 6.92 Å². The first-order valence-corrected chi connectivity index (χ1v) is 11.1. The van der Waals surface area contributed by atoms with Gasteiger partial charge in [0.1, 0.15) is 12.4 Å². The summed E-state index contributed by atoms with van der Waals surface area (Å²) in [5, 5.41) is 3.32. The van der Waals surface area contributed by atoms with Crippen molar-refractivity contribution in [3.63, 3.8) is 0 Å². The van der Waals surface area contributed by atoms with E-state index in [0.29, 0.717) is 24.6 Å². The molecule has 0 aromatic heterocycles. The second-order valence-electron chi connectivity index (χ2n) is 6.68. The van der Waals surface area contributed by atoms with Crippen molar-refractivity contribution in [1.82, 2.24) is 10.2 Å². The van der Waals surface area contributed by atoms with E-state index in [9.17, 15) is 8.42 Å². The Balaban J connectivity index is 1.78. The van der Waals surface area contributed by atoms with Crippen LogP contribution in [-0.4, -0.2) is 59.3 Å². The molecule has 0 amide bonds. The third kappa shape index (κ3) is 6.56. The van der Waals surface area contributed by atoms with E-state index >= 15 is 0 Å². The highest BCUT2D eigenvalue weighted by molar-refractivity contribution is 7.90. The van der Waals surface area contributed by atoms with Crippen molar-refractivity contribution in [3.05, 3.63) is 59.7 Å². The Labute approximate surface area is 168 Å². The maximum Gasteiger partial charge on any atom is 0.193 e. The zero-order valence-electron chi connectivity index (χ0n) is 17.0. The molecular weight excluding hydrogens is 374 g/mol. The maximum absolute atomic E-state index is 11.5. The van der Waals surface area contributed by atoms with Gasteiger partial charge in [0.2, 0.25) is 0 Å². The SMILES string of the molecule is CN=C(NCCc1ccc(S(C)(=O)=O)cc1)N(C)CCOc1ccccc1C. The van der Waals surface area contributed by atoms with Crippen molar-refractivity contribution < 1.29 is 13.2 Å². The Hall–Kier alpha value is -2.54. The van der Waals surface area contributed by atoms with E-state index < -0.39 is 9.84 Å². The Morgan fingerprint density at radius 2 is 1.82 bits per heavy atom. The molecule has 7 heteroatoms. The van der Waals surface area contributed by atoms with Crippen LogP contribution in [0.5, 0.6) is 5.75 Å². The Kier molecular flexibility index (Phi) is 7.87. The number of para-hydroxylation sites is 1. The van der Waals surface area contributed by atoms with Crippen molar-refractivity contribution in [1.29, 1.82) is 0 Å². The molecule has 0 bridgehead atoms. The van der Waals surface area contributed by atoms with E-state index in [4.69, 9.17) is 4.74 Å². The maximum atomic E-state index is 11.5. The second kappa shape index (κ2) is 10.1.